The zero-order valence-corrected chi connectivity index (χ0v) is 18.3. The first kappa shape index (κ1) is 23.4. The topological polar surface area (TPSA) is 76.4 Å². The molecule has 3 aliphatic rings. The second kappa shape index (κ2) is 9.23. The maximum Gasteiger partial charge on any atom is 0.490 e. The highest BCUT2D eigenvalue weighted by Crippen LogP contribution is 2.49. The Labute approximate surface area is 192 Å². The number of carboxylic acid groups (broad SMARTS) is 1. The third-order valence-electron chi connectivity index (χ3n) is 6.15. The quantitative estimate of drug-likeness (QED) is 0.587. The smallest absolute Gasteiger partial charge is 0.475 e. The molecule has 174 valence electrons. The monoisotopic (exact) mass is 479 g/mol. The summed E-state index contributed by atoms with van der Waals surface area (Å²) in [6.45, 7) is 3.24. The van der Waals surface area contributed by atoms with E-state index in [1.54, 1.807) is 12.1 Å². The fraction of sp³-hybridized carbons (Fsp3) is 0.391. The molecule has 0 aromatic heterocycles. The highest BCUT2D eigenvalue weighted by Gasteiger charge is 2.41. The summed E-state index contributed by atoms with van der Waals surface area (Å²) in [5, 5.41) is 19.9. The van der Waals surface area contributed by atoms with Gasteiger partial charge in [-0.05, 0) is 59.5 Å². The summed E-state index contributed by atoms with van der Waals surface area (Å²) in [7, 11) is 0. The van der Waals surface area contributed by atoms with E-state index < -0.39 is 18.0 Å². The molecule has 2 aromatic rings. The molecule has 33 heavy (non-hydrogen) atoms. The molecule has 0 radical (unpaired) electrons. The molecule has 0 saturated carbocycles. The number of piperidine rings is 1. The zero-order valence-electron chi connectivity index (χ0n) is 17.5. The number of rotatable bonds is 1. The van der Waals surface area contributed by atoms with E-state index in [1.165, 1.54) is 29.3 Å². The number of halogens is 4. The molecule has 0 bridgehead atoms. The first-order chi connectivity index (χ1) is 15.7. The molecular weight excluding hydrogens is 458 g/mol. The third kappa shape index (κ3) is 4.66. The van der Waals surface area contributed by atoms with E-state index in [9.17, 15) is 22.8 Å². The SMILES string of the molecule is N#Cc1cc(-c2cc3c4c(c2)[C@@H]2CNCC[C@@H]2N4CCSC3)ccc1F.O=C(O)C(F)(F)F. The average Bonchev–Trinajstić information content (AvgIpc) is 2.94. The van der Waals surface area contributed by atoms with E-state index in [2.05, 4.69) is 22.3 Å². The van der Waals surface area contributed by atoms with Gasteiger partial charge in [0.25, 0.3) is 0 Å². The van der Waals surface area contributed by atoms with Gasteiger partial charge in [0, 0.05) is 42.2 Å². The molecule has 2 N–H and O–H groups in total. The fourth-order valence-corrected chi connectivity index (χ4v) is 5.65. The average molecular weight is 479 g/mol. The van der Waals surface area contributed by atoms with E-state index in [-0.39, 0.29) is 5.56 Å². The van der Waals surface area contributed by atoms with Crippen LogP contribution in [0.5, 0.6) is 0 Å². The molecule has 0 amide bonds. The number of fused-ring (bicyclic) bond motifs is 3. The van der Waals surface area contributed by atoms with Crippen molar-refractivity contribution in [3.63, 3.8) is 0 Å². The molecule has 0 aliphatic carbocycles. The van der Waals surface area contributed by atoms with Crippen molar-refractivity contribution in [1.82, 2.24) is 5.32 Å². The summed E-state index contributed by atoms with van der Waals surface area (Å²) in [5.74, 6) is -0.501. The van der Waals surface area contributed by atoms with Crippen molar-refractivity contribution < 1.29 is 27.5 Å². The molecule has 1 saturated heterocycles. The summed E-state index contributed by atoms with van der Waals surface area (Å²) in [4.78, 5) is 11.5. The lowest BCUT2D eigenvalue weighted by atomic mass is 9.87. The number of carboxylic acids is 1. The number of hydrogen-bond donors (Lipinski definition) is 2. The maximum atomic E-state index is 13.7. The molecule has 2 aromatic carbocycles. The summed E-state index contributed by atoms with van der Waals surface area (Å²) < 4.78 is 45.5. The van der Waals surface area contributed by atoms with E-state index in [4.69, 9.17) is 9.90 Å². The first-order valence-corrected chi connectivity index (χ1v) is 11.6. The molecule has 3 heterocycles. The van der Waals surface area contributed by atoms with Crippen LogP contribution in [-0.2, 0) is 10.5 Å². The first-order valence-electron chi connectivity index (χ1n) is 10.4. The van der Waals surface area contributed by atoms with Gasteiger partial charge in [0.1, 0.15) is 11.9 Å². The lowest BCUT2D eigenvalue weighted by Gasteiger charge is -2.33. The summed E-state index contributed by atoms with van der Waals surface area (Å²) in [6, 6.07) is 12.0. The van der Waals surface area contributed by atoms with Crippen LogP contribution in [0.25, 0.3) is 11.1 Å². The van der Waals surface area contributed by atoms with Gasteiger partial charge in [-0.1, -0.05) is 6.07 Å². The number of anilines is 1. The second-order valence-electron chi connectivity index (χ2n) is 8.10. The molecule has 5 nitrogen and oxygen atoms in total. The molecular formula is C23H21F4N3O2S. The van der Waals surface area contributed by atoms with Gasteiger partial charge in [0.15, 0.2) is 0 Å². The number of aliphatic carboxylic acids is 1. The molecule has 2 atom stereocenters. The van der Waals surface area contributed by atoms with Gasteiger partial charge in [-0.2, -0.15) is 30.2 Å². The van der Waals surface area contributed by atoms with Crippen LogP contribution in [0.1, 0.15) is 29.0 Å². The number of nitrogens with zero attached hydrogens (tertiary/aromatic N) is 2. The predicted molar refractivity (Wildman–Crippen MR) is 118 cm³/mol. The van der Waals surface area contributed by atoms with E-state index in [1.807, 2.05) is 17.8 Å². The minimum atomic E-state index is -5.08. The van der Waals surface area contributed by atoms with Crippen LogP contribution < -0.4 is 10.2 Å². The Bertz CT molecular complexity index is 1120. The molecule has 1 fully saturated rings. The number of hydrogen-bond acceptors (Lipinski definition) is 5. The minimum Gasteiger partial charge on any atom is -0.475 e. The Kier molecular flexibility index (Phi) is 6.54. The van der Waals surface area contributed by atoms with Crippen LogP contribution in [-0.4, -0.2) is 48.7 Å². The Balaban J connectivity index is 0.000000325. The van der Waals surface area contributed by atoms with Crippen molar-refractivity contribution in [2.45, 2.75) is 30.3 Å². The molecule has 0 unspecified atom stereocenters. The number of thioether (sulfide) groups is 1. The number of nitrogens with one attached hydrogen (secondary N) is 1. The normalized spacial score (nSPS) is 21.1. The van der Waals surface area contributed by atoms with Gasteiger partial charge in [-0.3, -0.25) is 0 Å². The predicted octanol–water partition coefficient (Wildman–Crippen LogP) is 4.51. The number of carbonyl (C=O) groups is 1. The van der Waals surface area contributed by atoms with Gasteiger partial charge in [0.2, 0.25) is 0 Å². The van der Waals surface area contributed by atoms with Crippen molar-refractivity contribution in [3.8, 4) is 17.2 Å². The highest BCUT2D eigenvalue weighted by molar-refractivity contribution is 7.98. The molecule has 10 heteroatoms. The lowest BCUT2D eigenvalue weighted by Crippen LogP contribution is -2.44. The van der Waals surface area contributed by atoms with Crippen LogP contribution in [0.15, 0.2) is 30.3 Å². The Hall–Kier alpha value is -2.77. The van der Waals surface area contributed by atoms with Gasteiger partial charge >= 0.3 is 12.1 Å². The van der Waals surface area contributed by atoms with Crippen LogP contribution in [0.2, 0.25) is 0 Å². The fourth-order valence-electron chi connectivity index (χ4n) is 4.74. The molecule has 5 rings (SSSR count). The highest BCUT2D eigenvalue weighted by atomic mass is 32.2. The standard InChI is InChI=1S/C21H20FN3S.C2HF3O2/c22-19-2-1-13(7-15(19)10-23)14-8-16-12-26-6-5-25-20-3-4-24-11-18(20)17(9-14)21(16)25;3-2(4,5)1(6)7/h1-2,7-9,18,20,24H,3-6,11-12H2;(H,6,7)/t18-,20-;/m0./s1. The Morgan fingerprint density at radius 1 is 1.24 bits per heavy atom. The van der Waals surface area contributed by atoms with E-state index in [0.29, 0.717) is 12.0 Å². The van der Waals surface area contributed by atoms with Crippen molar-refractivity contribution >= 4 is 23.4 Å². The van der Waals surface area contributed by atoms with Crippen LogP contribution in [0.3, 0.4) is 0 Å². The van der Waals surface area contributed by atoms with Gasteiger partial charge in [-0.25, -0.2) is 9.18 Å². The number of benzene rings is 2. The van der Waals surface area contributed by atoms with Gasteiger partial charge in [-0.15, -0.1) is 0 Å². The zero-order chi connectivity index (χ0) is 23.8. The van der Waals surface area contributed by atoms with Gasteiger partial charge in [0.05, 0.1) is 5.56 Å². The van der Waals surface area contributed by atoms with Crippen LogP contribution >= 0.6 is 11.8 Å². The Morgan fingerprint density at radius 2 is 2.00 bits per heavy atom. The minimum absolute atomic E-state index is 0.113. The van der Waals surface area contributed by atoms with Crippen LogP contribution in [0.4, 0.5) is 23.2 Å². The lowest BCUT2D eigenvalue weighted by molar-refractivity contribution is -0.192. The summed E-state index contributed by atoms with van der Waals surface area (Å²) in [6.07, 6.45) is -3.89. The molecule has 0 spiro atoms. The number of nitriles is 1. The van der Waals surface area contributed by atoms with E-state index >= 15 is 0 Å². The number of alkyl halides is 3. The largest absolute Gasteiger partial charge is 0.490 e. The summed E-state index contributed by atoms with van der Waals surface area (Å²) in [5.41, 5.74) is 6.40. The van der Waals surface area contributed by atoms with Crippen molar-refractivity contribution in [2.75, 3.05) is 30.3 Å². The van der Waals surface area contributed by atoms with Gasteiger partial charge < -0.3 is 15.3 Å². The third-order valence-corrected chi connectivity index (χ3v) is 7.13. The maximum absolute atomic E-state index is 13.7. The van der Waals surface area contributed by atoms with Crippen molar-refractivity contribution in [1.29, 1.82) is 5.26 Å². The second-order valence-corrected chi connectivity index (χ2v) is 9.20. The Morgan fingerprint density at radius 3 is 2.70 bits per heavy atom. The van der Waals surface area contributed by atoms with Crippen molar-refractivity contribution in [3.05, 3.63) is 52.8 Å². The van der Waals surface area contributed by atoms with E-state index in [0.717, 1.165) is 42.3 Å². The summed E-state index contributed by atoms with van der Waals surface area (Å²) >= 11 is 1.99. The molecule has 3 aliphatic heterocycles. The van der Waals surface area contributed by atoms with Crippen molar-refractivity contribution in [2.24, 2.45) is 0 Å². The van der Waals surface area contributed by atoms with Crippen LogP contribution in [0, 0.1) is 17.1 Å².